The largest absolute Gasteiger partial charge is 0.324 e. The lowest BCUT2D eigenvalue weighted by atomic mass is 10.2. The summed E-state index contributed by atoms with van der Waals surface area (Å²) in [5.41, 5.74) is 2.25. The number of hydrogen-bond acceptors (Lipinski definition) is 2. The predicted molar refractivity (Wildman–Crippen MR) is 91.9 cm³/mol. The zero-order chi connectivity index (χ0) is 14.3. The first-order valence-corrected chi connectivity index (χ1v) is 9.46. The first-order chi connectivity index (χ1) is 9.60. The summed E-state index contributed by atoms with van der Waals surface area (Å²) < 4.78 is 3.45. The van der Waals surface area contributed by atoms with Crippen molar-refractivity contribution >= 4 is 50.3 Å². The van der Waals surface area contributed by atoms with Crippen molar-refractivity contribution in [3.8, 4) is 0 Å². The molecule has 1 aliphatic carbocycles. The van der Waals surface area contributed by atoms with Crippen LogP contribution in [0.15, 0.2) is 22.7 Å². The molecule has 5 heteroatoms. The molecule has 1 aliphatic rings. The van der Waals surface area contributed by atoms with E-state index in [1.54, 1.807) is 0 Å². The minimum absolute atomic E-state index is 0.0606. The molecule has 3 unspecified atom stereocenters. The van der Waals surface area contributed by atoms with Gasteiger partial charge in [0, 0.05) is 15.8 Å². The Hall–Kier alpha value is -0.190. The number of rotatable bonds is 3. The van der Waals surface area contributed by atoms with Gasteiger partial charge in [-0.1, -0.05) is 15.9 Å². The Morgan fingerprint density at radius 2 is 2.25 bits per heavy atom. The number of benzene rings is 1. The molecule has 0 amide bonds. The number of thioether (sulfide) groups is 1. The third-order valence-electron chi connectivity index (χ3n) is 4.09. The Labute approximate surface area is 137 Å². The molecule has 1 aromatic heterocycles. The first kappa shape index (κ1) is 14.7. The molecule has 2 aromatic rings. The fourth-order valence-electron chi connectivity index (χ4n) is 3.12. The van der Waals surface area contributed by atoms with Gasteiger partial charge in [-0.15, -0.1) is 11.6 Å². The highest BCUT2D eigenvalue weighted by Gasteiger charge is 2.29. The molecule has 0 spiro atoms. The maximum absolute atomic E-state index is 6.37. The van der Waals surface area contributed by atoms with Gasteiger partial charge in [0.2, 0.25) is 0 Å². The Kier molecular flexibility index (Phi) is 4.34. The number of halogens is 2. The molecule has 20 heavy (non-hydrogen) atoms. The fourth-order valence-corrected chi connectivity index (χ4v) is 4.41. The van der Waals surface area contributed by atoms with Gasteiger partial charge in [0.1, 0.15) is 5.82 Å². The van der Waals surface area contributed by atoms with Crippen molar-refractivity contribution in [1.82, 2.24) is 9.55 Å². The minimum atomic E-state index is -0.0606. The van der Waals surface area contributed by atoms with E-state index in [0.29, 0.717) is 6.04 Å². The number of aromatic nitrogens is 2. The summed E-state index contributed by atoms with van der Waals surface area (Å²) in [5, 5.41) is 0.709. The van der Waals surface area contributed by atoms with Crippen LogP contribution in [-0.2, 0) is 0 Å². The van der Waals surface area contributed by atoms with Crippen LogP contribution in [0.25, 0.3) is 11.0 Å². The number of imidazole rings is 1. The summed E-state index contributed by atoms with van der Waals surface area (Å²) >= 11 is 11.9. The zero-order valence-electron chi connectivity index (χ0n) is 11.6. The van der Waals surface area contributed by atoms with Crippen LogP contribution in [0.2, 0.25) is 0 Å². The van der Waals surface area contributed by atoms with Crippen LogP contribution in [0, 0.1) is 0 Å². The molecule has 108 valence electrons. The van der Waals surface area contributed by atoms with Crippen molar-refractivity contribution in [2.45, 2.75) is 42.9 Å². The highest BCUT2D eigenvalue weighted by atomic mass is 79.9. The van der Waals surface area contributed by atoms with E-state index in [9.17, 15) is 0 Å². The lowest BCUT2D eigenvalue weighted by Gasteiger charge is -2.18. The SMILES string of the molecule is CSC1CCC(n2c(C(C)Cl)nc3cc(Br)ccc32)C1. The third-order valence-corrected chi connectivity index (χ3v) is 5.87. The van der Waals surface area contributed by atoms with Gasteiger partial charge in [0.05, 0.1) is 16.4 Å². The van der Waals surface area contributed by atoms with Crippen LogP contribution in [-0.4, -0.2) is 21.1 Å². The lowest BCUT2D eigenvalue weighted by Crippen LogP contribution is -2.10. The van der Waals surface area contributed by atoms with E-state index in [1.807, 2.05) is 18.7 Å². The number of fused-ring (bicyclic) bond motifs is 1. The van der Waals surface area contributed by atoms with Crippen molar-refractivity contribution < 1.29 is 0 Å². The predicted octanol–water partition coefficient (Wildman–Crippen LogP) is 5.56. The number of alkyl halides is 1. The molecule has 3 atom stereocenters. The second-order valence-corrected chi connectivity index (χ2v) is 8.12. The van der Waals surface area contributed by atoms with Crippen molar-refractivity contribution in [1.29, 1.82) is 0 Å². The van der Waals surface area contributed by atoms with E-state index in [4.69, 9.17) is 16.6 Å². The summed E-state index contributed by atoms with van der Waals surface area (Å²) in [6, 6.07) is 6.86. The summed E-state index contributed by atoms with van der Waals surface area (Å²) in [7, 11) is 0. The van der Waals surface area contributed by atoms with Gasteiger partial charge in [0.25, 0.3) is 0 Å². The van der Waals surface area contributed by atoms with Crippen LogP contribution < -0.4 is 0 Å². The Morgan fingerprint density at radius 3 is 2.90 bits per heavy atom. The number of nitrogens with zero attached hydrogens (tertiary/aromatic N) is 2. The summed E-state index contributed by atoms with van der Waals surface area (Å²) in [5.74, 6) is 1.01. The highest BCUT2D eigenvalue weighted by molar-refractivity contribution is 9.10. The minimum Gasteiger partial charge on any atom is -0.324 e. The van der Waals surface area contributed by atoms with Crippen molar-refractivity contribution in [2.24, 2.45) is 0 Å². The molecule has 0 aliphatic heterocycles. The maximum atomic E-state index is 6.37. The Bertz CT molecular complexity index is 626. The Balaban J connectivity index is 2.10. The van der Waals surface area contributed by atoms with Crippen molar-refractivity contribution in [3.63, 3.8) is 0 Å². The molecule has 3 rings (SSSR count). The maximum Gasteiger partial charge on any atom is 0.127 e. The molecule has 0 N–H and O–H groups in total. The second-order valence-electron chi connectivity index (χ2n) is 5.41. The van der Waals surface area contributed by atoms with Gasteiger partial charge in [-0.25, -0.2) is 4.98 Å². The molecular formula is C15H18BrClN2S. The van der Waals surface area contributed by atoms with Crippen molar-refractivity contribution in [2.75, 3.05) is 6.26 Å². The van der Waals surface area contributed by atoms with Crippen LogP contribution >= 0.6 is 39.3 Å². The van der Waals surface area contributed by atoms with Gasteiger partial charge in [-0.3, -0.25) is 0 Å². The van der Waals surface area contributed by atoms with E-state index < -0.39 is 0 Å². The van der Waals surface area contributed by atoms with E-state index in [2.05, 4.69) is 45.0 Å². The molecule has 0 radical (unpaired) electrons. The number of hydrogen-bond donors (Lipinski definition) is 0. The van der Waals surface area contributed by atoms with Gasteiger partial charge in [-0.2, -0.15) is 11.8 Å². The second kappa shape index (κ2) is 5.90. The van der Waals surface area contributed by atoms with Crippen molar-refractivity contribution in [3.05, 3.63) is 28.5 Å². The van der Waals surface area contributed by atoms with Gasteiger partial charge >= 0.3 is 0 Å². The average molecular weight is 374 g/mol. The van der Waals surface area contributed by atoms with Gasteiger partial charge in [-0.05, 0) is 50.6 Å². The molecular weight excluding hydrogens is 356 g/mol. The molecule has 1 aromatic carbocycles. The summed E-state index contributed by atoms with van der Waals surface area (Å²) in [6.45, 7) is 2.01. The standard InChI is InChI=1S/C15H18BrClN2S/c1-9(17)15-18-13-7-10(16)3-6-14(13)19(15)11-4-5-12(8-11)20-2/h3,6-7,9,11-12H,4-5,8H2,1-2H3. The zero-order valence-corrected chi connectivity index (χ0v) is 14.8. The molecule has 0 bridgehead atoms. The van der Waals surface area contributed by atoms with E-state index in [0.717, 1.165) is 21.1 Å². The highest BCUT2D eigenvalue weighted by Crippen LogP contribution is 2.40. The van der Waals surface area contributed by atoms with E-state index >= 15 is 0 Å². The smallest absolute Gasteiger partial charge is 0.127 e. The van der Waals surface area contributed by atoms with Gasteiger partial charge in [0.15, 0.2) is 0 Å². The topological polar surface area (TPSA) is 17.8 Å². The fraction of sp³-hybridized carbons (Fsp3) is 0.533. The summed E-state index contributed by atoms with van der Waals surface area (Å²) in [4.78, 5) is 4.76. The van der Waals surface area contributed by atoms with Crippen LogP contribution in [0.3, 0.4) is 0 Å². The molecule has 1 saturated carbocycles. The lowest BCUT2D eigenvalue weighted by molar-refractivity contribution is 0.511. The normalized spacial score (nSPS) is 24.4. The molecule has 1 heterocycles. The first-order valence-electron chi connectivity index (χ1n) is 6.94. The molecule has 2 nitrogen and oxygen atoms in total. The van der Waals surface area contributed by atoms with Crippen LogP contribution in [0.4, 0.5) is 0 Å². The quantitative estimate of drug-likeness (QED) is 0.656. The monoisotopic (exact) mass is 372 g/mol. The van der Waals surface area contributed by atoms with Gasteiger partial charge < -0.3 is 4.57 Å². The van der Waals surface area contributed by atoms with Crippen LogP contribution in [0.1, 0.15) is 43.4 Å². The summed E-state index contributed by atoms with van der Waals surface area (Å²) in [6.07, 6.45) is 5.95. The third kappa shape index (κ3) is 2.62. The molecule has 1 fully saturated rings. The van der Waals surface area contributed by atoms with Crippen LogP contribution in [0.5, 0.6) is 0 Å². The van der Waals surface area contributed by atoms with E-state index in [1.165, 1.54) is 24.8 Å². The molecule has 0 saturated heterocycles. The Morgan fingerprint density at radius 1 is 1.45 bits per heavy atom. The van der Waals surface area contributed by atoms with E-state index in [-0.39, 0.29) is 5.38 Å². The average Bonchev–Trinajstić information content (AvgIpc) is 3.00.